The van der Waals surface area contributed by atoms with Crippen LogP contribution in [0.4, 0.5) is 0 Å². The summed E-state index contributed by atoms with van der Waals surface area (Å²) in [7, 11) is 1.64. The second-order valence-electron chi connectivity index (χ2n) is 2.92. The van der Waals surface area contributed by atoms with Gasteiger partial charge in [-0.05, 0) is 28.8 Å². The lowest BCUT2D eigenvalue weighted by atomic mass is 10.2. The summed E-state index contributed by atoms with van der Waals surface area (Å²) >= 11 is 1.69. The number of thiophene rings is 1. The Labute approximate surface area is 92.9 Å². The Balaban J connectivity index is 2.26. The van der Waals surface area contributed by atoms with Gasteiger partial charge < -0.3 is 11.1 Å². The zero-order chi connectivity index (χ0) is 11.1. The third-order valence-electron chi connectivity index (χ3n) is 1.76. The molecule has 0 atom stereocenters. The first-order chi connectivity index (χ1) is 7.22. The van der Waals surface area contributed by atoms with Crippen molar-refractivity contribution in [3.63, 3.8) is 0 Å². The van der Waals surface area contributed by atoms with Crippen LogP contribution in [0.1, 0.15) is 5.56 Å². The standard InChI is InChI=1S/C9H15N5S/c1-12-9(14-8(10)11)13-4-2-7-3-5-15-6-7/h3,5-6H,2,4H2,1H3,(H5,10,11,12,13,14). The lowest BCUT2D eigenvalue weighted by molar-refractivity contribution is 0.847. The molecule has 82 valence electrons. The first-order valence-corrected chi connectivity index (χ1v) is 5.49. The first kappa shape index (κ1) is 11.5. The zero-order valence-corrected chi connectivity index (χ0v) is 9.40. The van der Waals surface area contributed by atoms with Gasteiger partial charge in [0, 0.05) is 13.6 Å². The Morgan fingerprint density at radius 3 is 3.00 bits per heavy atom. The minimum Gasteiger partial charge on any atom is -0.370 e. The average Bonchev–Trinajstić information content (AvgIpc) is 2.68. The SMILES string of the molecule is C/N=C(/NCCc1ccsc1)NC(=N)N. The Morgan fingerprint density at radius 2 is 2.47 bits per heavy atom. The van der Waals surface area contributed by atoms with Crippen LogP contribution in [0.5, 0.6) is 0 Å². The Bertz CT molecular complexity index is 330. The summed E-state index contributed by atoms with van der Waals surface area (Å²) in [5, 5.41) is 16.9. The smallest absolute Gasteiger partial charge is 0.197 e. The predicted molar refractivity (Wildman–Crippen MR) is 64.4 cm³/mol. The lowest BCUT2D eigenvalue weighted by Gasteiger charge is -2.09. The molecule has 0 spiro atoms. The van der Waals surface area contributed by atoms with Crippen molar-refractivity contribution in [3.8, 4) is 0 Å². The monoisotopic (exact) mass is 225 g/mol. The molecular formula is C9H15N5S. The summed E-state index contributed by atoms with van der Waals surface area (Å²) in [6.07, 6.45) is 0.933. The van der Waals surface area contributed by atoms with Crippen LogP contribution in [0.25, 0.3) is 0 Å². The molecule has 1 aromatic heterocycles. The van der Waals surface area contributed by atoms with Crippen LogP contribution in [0.15, 0.2) is 21.8 Å². The third-order valence-corrected chi connectivity index (χ3v) is 2.49. The molecule has 0 unspecified atom stereocenters. The van der Waals surface area contributed by atoms with E-state index in [-0.39, 0.29) is 5.96 Å². The van der Waals surface area contributed by atoms with Gasteiger partial charge in [-0.15, -0.1) is 0 Å². The fourth-order valence-corrected chi connectivity index (χ4v) is 1.77. The second kappa shape index (κ2) is 6.02. The molecule has 0 amide bonds. The Hall–Kier alpha value is -1.56. The molecule has 5 N–H and O–H groups in total. The Morgan fingerprint density at radius 1 is 1.67 bits per heavy atom. The van der Waals surface area contributed by atoms with Crippen molar-refractivity contribution in [1.82, 2.24) is 10.6 Å². The highest BCUT2D eigenvalue weighted by Crippen LogP contribution is 2.05. The van der Waals surface area contributed by atoms with Crippen LogP contribution in [-0.4, -0.2) is 25.5 Å². The van der Waals surface area contributed by atoms with Gasteiger partial charge in [0.25, 0.3) is 0 Å². The number of guanidine groups is 2. The normalized spacial score (nSPS) is 11.1. The molecule has 5 nitrogen and oxygen atoms in total. The number of rotatable bonds is 3. The number of aliphatic imine (C=N–C) groups is 1. The molecule has 0 aromatic carbocycles. The summed E-state index contributed by atoms with van der Waals surface area (Å²) in [5.41, 5.74) is 6.49. The highest BCUT2D eigenvalue weighted by molar-refractivity contribution is 7.07. The molecule has 15 heavy (non-hydrogen) atoms. The molecule has 0 saturated heterocycles. The Kier molecular flexibility index (Phi) is 4.62. The fourth-order valence-electron chi connectivity index (χ4n) is 1.07. The summed E-state index contributed by atoms with van der Waals surface area (Å²) in [6.45, 7) is 0.768. The molecule has 0 aliphatic carbocycles. The number of nitrogens with one attached hydrogen (secondary N) is 3. The van der Waals surface area contributed by atoms with Crippen LogP contribution in [0.2, 0.25) is 0 Å². The lowest BCUT2D eigenvalue weighted by Crippen LogP contribution is -2.44. The molecule has 1 rings (SSSR count). The molecule has 0 aliphatic heterocycles. The van der Waals surface area contributed by atoms with E-state index in [4.69, 9.17) is 11.1 Å². The van der Waals surface area contributed by atoms with Gasteiger partial charge in [0.2, 0.25) is 0 Å². The highest BCUT2D eigenvalue weighted by atomic mass is 32.1. The molecule has 6 heteroatoms. The van der Waals surface area contributed by atoms with Gasteiger partial charge in [0.05, 0.1) is 0 Å². The van der Waals surface area contributed by atoms with Gasteiger partial charge in [0.1, 0.15) is 0 Å². The highest BCUT2D eigenvalue weighted by Gasteiger charge is 1.98. The maximum atomic E-state index is 7.05. The van der Waals surface area contributed by atoms with E-state index in [1.807, 2.05) is 0 Å². The van der Waals surface area contributed by atoms with Gasteiger partial charge in [-0.1, -0.05) is 0 Å². The largest absolute Gasteiger partial charge is 0.370 e. The molecule has 1 aromatic rings. The second-order valence-corrected chi connectivity index (χ2v) is 3.70. The van der Waals surface area contributed by atoms with E-state index in [9.17, 15) is 0 Å². The van der Waals surface area contributed by atoms with Crippen LogP contribution in [0, 0.1) is 5.41 Å². The molecule has 0 radical (unpaired) electrons. The topological polar surface area (TPSA) is 86.3 Å². The molecular weight excluding hydrogens is 210 g/mol. The third kappa shape index (κ3) is 4.46. The van der Waals surface area contributed by atoms with Crippen molar-refractivity contribution in [2.24, 2.45) is 10.7 Å². The van der Waals surface area contributed by atoms with E-state index in [0.29, 0.717) is 5.96 Å². The first-order valence-electron chi connectivity index (χ1n) is 4.55. The summed E-state index contributed by atoms with van der Waals surface area (Å²) in [6, 6.07) is 2.09. The van der Waals surface area contributed by atoms with Gasteiger partial charge in [-0.2, -0.15) is 11.3 Å². The quantitative estimate of drug-likeness (QED) is 0.442. The zero-order valence-electron chi connectivity index (χ0n) is 8.58. The molecule has 0 fully saturated rings. The van der Waals surface area contributed by atoms with E-state index in [1.54, 1.807) is 18.4 Å². The van der Waals surface area contributed by atoms with E-state index in [1.165, 1.54) is 5.56 Å². The van der Waals surface area contributed by atoms with E-state index in [2.05, 4.69) is 32.5 Å². The maximum Gasteiger partial charge on any atom is 0.197 e. The van der Waals surface area contributed by atoms with Crippen molar-refractivity contribution in [2.75, 3.05) is 13.6 Å². The average molecular weight is 225 g/mol. The van der Waals surface area contributed by atoms with Crippen molar-refractivity contribution in [3.05, 3.63) is 22.4 Å². The molecule has 0 bridgehead atoms. The van der Waals surface area contributed by atoms with E-state index < -0.39 is 0 Å². The summed E-state index contributed by atoms with van der Waals surface area (Å²) in [5.74, 6) is 0.413. The van der Waals surface area contributed by atoms with E-state index in [0.717, 1.165) is 13.0 Å². The van der Waals surface area contributed by atoms with Gasteiger partial charge in [0.15, 0.2) is 11.9 Å². The summed E-state index contributed by atoms with van der Waals surface area (Å²) < 4.78 is 0. The fraction of sp³-hybridized carbons (Fsp3) is 0.333. The molecule has 1 heterocycles. The van der Waals surface area contributed by atoms with Crippen molar-refractivity contribution in [1.29, 1.82) is 5.41 Å². The number of hydrogen-bond donors (Lipinski definition) is 4. The minimum atomic E-state index is -0.112. The van der Waals surface area contributed by atoms with Crippen LogP contribution < -0.4 is 16.4 Å². The number of nitrogens with zero attached hydrogens (tertiary/aromatic N) is 1. The van der Waals surface area contributed by atoms with Gasteiger partial charge >= 0.3 is 0 Å². The maximum absolute atomic E-state index is 7.05. The minimum absolute atomic E-state index is 0.112. The molecule has 0 saturated carbocycles. The molecule has 0 aliphatic rings. The summed E-state index contributed by atoms with van der Waals surface area (Å²) in [4.78, 5) is 3.92. The van der Waals surface area contributed by atoms with Crippen LogP contribution in [-0.2, 0) is 6.42 Å². The number of nitrogens with two attached hydrogens (primary N) is 1. The van der Waals surface area contributed by atoms with Crippen molar-refractivity contribution >= 4 is 23.3 Å². The van der Waals surface area contributed by atoms with Gasteiger partial charge in [-0.25, -0.2) is 0 Å². The van der Waals surface area contributed by atoms with Crippen LogP contribution in [0.3, 0.4) is 0 Å². The number of hydrogen-bond acceptors (Lipinski definition) is 3. The van der Waals surface area contributed by atoms with Gasteiger partial charge in [-0.3, -0.25) is 15.7 Å². The van der Waals surface area contributed by atoms with Crippen LogP contribution >= 0.6 is 11.3 Å². The van der Waals surface area contributed by atoms with Crippen molar-refractivity contribution < 1.29 is 0 Å². The predicted octanol–water partition coefficient (Wildman–Crippen LogP) is 0.349. The van der Waals surface area contributed by atoms with Crippen molar-refractivity contribution in [2.45, 2.75) is 6.42 Å². The van der Waals surface area contributed by atoms with E-state index >= 15 is 0 Å².